The third-order valence-corrected chi connectivity index (χ3v) is 5.52. The van der Waals surface area contributed by atoms with Gasteiger partial charge in [0.2, 0.25) is 0 Å². The molecular weight excluding hydrogens is 368 g/mol. The highest BCUT2D eigenvalue weighted by atomic mass is 16.5. The first kappa shape index (κ1) is 23.7. The van der Waals surface area contributed by atoms with Crippen molar-refractivity contribution >= 4 is 5.97 Å². The molecule has 0 aliphatic heterocycles. The summed E-state index contributed by atoms with van der Waals surface area (Å²) in [5.74, 6) is 1.95. The van der Waals surface area contributed by atoms with Crippen LogP contribution in [-0.4, -0.2) is 12.1 Å². The quantitative estimate of drug-likeness (QED) is 0.188. The van der Waals surface area contributed by atoms with Crippen molar-refractivity contribution in [3.05, 3.63) is 71.8 Å². The van der Waals surface area contributed by atoms with Crippen molar-refractivity contribution in [3.63, 3.8) is 0 Å². The molecule has 0 aliphatic carbocycles. The maximum atomic E-state index is 13.1. The molecule has 160 valence electrons. The first-order valence-corrected chi connectivity index (χ1v) is 11.5. The summed E-state index contributed by atoms with van der Waals surface area (Å²) in [5, 5.41) is 0. The Balaban J connectivity index is 1.83. The zero-order valence-corrected chi connectivity index (χ0v) is 18.4. The predicted octanol–water partition coefficient (Wildman–Crippen LogP) is 7.28. The van der Waals surface area contributed by atoms with Gasteiger partial charge in [-0.05, 0) is 24.0 Å². The highest BCUT2D eigenvalue weighted by Crippen LogP contribution is 2.27. The van der Waals surface area contributed by atoms with Gasteiger partial charge in [-0.1, -0.05) is 125 Å². The second-order valence-electron chi connectivity index (χ2n) is 7.96. The Morgan fingerprint density at radius 1 is 0.800 bits per heavy atom. The van der Waals surface area contributed by atoms with E-state index in [1.807, 2.05) is 60.7 Å². The zero-order chi connectivity index (χ0) is 21.4. The second-order valence-corrected chi connectivity index (χ2v) is 7.96. The number of hydrogen-bond donors (Lipinski definition) is 0. The molecule has 2 heteroatoms. The molecule has 0 aliphatic rings. The predicted molar refractivity (Wildman–Crippen MR) is 125 cm³/mol. The lowest BCUT2D eigenvalue weighted by molar-refractivity contribution is -0.147. The molecule has 0 saturated carbocycles. The summed E-state index contributed by atoms with van der Waals surface area (Å²) >= 11 is 0. The van der Waals surface area contributed by atoms with Gasteiger partial charge >= 0.3 is 5.97 Å². The van der Waals surface area contributed by atoms with Crippen LogP contribution in [-0.2, 0) is 9.53 Å². The lowest BCUT2D eigenvalue weighted by atomic mass is 9.91. The van der Waals surface area contributed by atoms with Crippen LogP contribution in [0.25, 0.3) is 0 Å². The smallest absolute Gasteiger partial charge is 0.319 e. The average molecular weight is 405 g/mol. The number of terminal acetylenes is 1. The van der Waals surface area contributed by atoms with Gasteiger partial charge in [-0.2, -0.15) is 0 Å². The Morgan fingerprint density at radius 2 is 1.27 bits per heavy atom. The summed E-state index contributed by atoms with van der Waals surface area (Å²) in [6.45, 7) is 2.25. The standard InChI is InChI=1S/C28H36O2/c1-3-5-6-7-8-9-10-11-18-23-26(4-2)30-28(29)27(24-19-14-12-15-20-24)25-21-16-13-17-22-25/h2,12-17,19-22,26-27H,3,5-11,18,23H2,1H3/t26-/m1/s1. The molecule has 0 spiro atoms. The van der Waals surface area contributed by atoms with Crippen LogP contribution in [0.1, 0.15) is 88.2 Å². The molecule has 2 aromatic rings. The number of carbonyl (C=O) groups is 1. The summed E-state index contributed by atoms with van der Waals surface area (Å²) in [6.07, 6.45) is 17.3. The summed E-state index contributed by atoms with van der Waals surface area (Å²) in [4.78, 5) is 13.1. The van der Waals surface area contributed by atoms with Crippen LogP contribution in [0.15, 0.2) is 60.7 Å². The third kappa shape index (κ3) is 8.46. The van der Waals surface area contributed by atoms with Gasteiger partial charge in [-0.15, -0.1) is 6.42 Å². The van der Waals surface area contributed by atoms with Crippen molar-refractivity contribution in [1.29, 1.82) is 0 Å². The van der Waals surface area contributed by atoms with Crippen LogP contribution in [0.2, 0.25) is 0 Å². The van der Waals surface area contributed by atoms with Gasteiger partial charge in [0.15, 0.2) is 6.10 Å². The van der Waals surface area contributed by atoms with Crippen molar-refractivity contribution in [2.45, 2.75) is 83.2 Å². The number of hydrogen-bond acceptors (Lipinski definition) is 2. The van der Waals surface area contributed by atoms with Gasteiger partial charge in [0.1, 0.15) is 5.92 Å². The molecule has 0 aromatic heterocycles. The molecule has 0 heterocycles. The van der Waals surface area contributed by atoms with E-state index in [1.54, 1.807) is 0 Å². The van der Waals surface area contributed by atoms with Gasteiger partial charge < -0.3 is 4.74 Å². The lowest BCUT2D eigenvalue weighted by Gasteiger charge is -2.20. The number of unbranched alkanes of at least 4 members (excludes halogenated alkanes) is 8. The highest BCUT2D eigenvalue weighted by Gasteiger charge is 2.26. The monoisotopic (exact) mass is 404 g/mol. The van der Waals surface area contributed by atoms with E-state index < -0.39 is 12.0 Å². The Bertz CT molecular complexity index is 706. The van der Waals surface area contributed by atoms with Crippen molar-refractivity contribution < 1.29 is 9.53 Å². The fourth-order valence-electron chi connectivity index (χ4n) is 3.78. The van der Waals surface area contributed by atoms with Crippen LogP contribution in [0.4, 0.5) is 0 Å². The molecule has 2 nitrogen and oxygen atoms in total. The number of benzene rings is 2. The topological polar surface area (TPSA) is 26.3 Å². The molecule has 0 unspecified atom stereocenters. The van der Waals surface area contributed by atoms with E-state index in [0.29, 0.717) is 0 Å². The summed E-state index contributed by atoms with van der Waals surface area (Å²) in [5.41, 5.74) is 1.85. The first-order chi connectivity index (χ1) is 14.8. The first-order valence-electron chi connectivity index (χ1n) is 11.5. The molecular formula is C28H36O2. The largest absolute Gasteiger partial charge is 0.448 e. The molecule has 2 aromatic carbocycles. The molecule has 0 bridgehead atoms. The van der Waals surface area contributed by atoms with Gasteiger partial charge in [-0.25, -0.2) is 0 Å². The Morgan fingerprint density at radius 3 is 1.73 bits per heavy atom. The Labute approximate surface area is 183 Å². The molecule has 30 heavy (non-hydrogen) atoms. The third-order valence-electron chi connectivity index (χ3n) is 5.52. The number of carbonyl (C=O) groups excluding carboxylic acids is 1. The van der Waals surface area contributed by atoms with E-state index in [4.69, 9.17) is 11.2 Å². The molecule has 1 atom stereocenters. The van der Waals surface area contributed by atoms with Crippen molar-refractivity contribution in [2.75, 3.05) is 0 Å². The van der Waals surface area contributed by atoms with Crippen LogP contribution in [0.5, 0.6) is 0 Å². The fourth-order valence-corrected chi connectivity index (χ4v) is 3.78. The molecule has 0 N–H and O–H groups in total. The van der Waals surface area contributed by atoms with E-state index in [2.05, 4.69) is 12.8 Å². The molecule has 2 rings (SSSR count). The summed E-state index contributed by atoms with van der Waals surface area (Å²) in [6, 6.07) is 19.5. The lowest BCUT2D eigenvalue weighted by Crippen LogP contribution is -2.23. The van der Waals surface area contributed by atoms with Gasteiger partial charge in [-0.3, -0.25) is 4.79 Å². The van der Waals surface area contributed by atoms with Gasteiger partial charge in [0.05, 0.1) is 0 Å². The SMILES string of the molecule is C#C[C@H](CCCCCCCCCCC)OC(=O)C(c1ccccc1)c1ccccc1. The van der Waals surface area contributed by atoms with Crippen LogP contribution < -0.4 is 0 Å². The average Bonchev–Trinajstić information content (AvgIpc) is 2.78. The van der Waals surface area contributed by atoms with Crippen molar-refractivity contribution in [3.8, 4) is 12.3 Å². The van der Waals surface area contributed by atoms with E-state index in [9.17, 15) is 4.79 Å². The molecule has 0 amide bonds. The highest BCUT2D eigenvalue weighted by molar-refractivity contribution is 5.82. The number of ether oxygens (including phenoxy) is 1. The minimum absolute atomic E-state index is 0.272. The normalized spacial score (nSPS) is 11.8. The number of rotatable bonds is 14. The minimum atomic E-state index is -0.461. The molecule has 0 saturated heterocycles. The Kier molecular flexibility index (Phi) is 11.4. The molecule has 0 radical (unpaired) electrons. The van der Waals surface area contributed by atoms with E-state index >= 15 is 0 Å². The van der Waals surface area contributed by atoms with Gasteiger partial charge in [0.25, 0.3) is 0 Å². The second kappa shape index (κ2) is 14.5. The van der Waals surface area contributed by atoms with E-state index in [0.717, 1.165) is 30.4 Å². The van der Waals surface area contributed by atoms with Crippen LogP contribution in [0, 0.1) is 12.3 Å². The van der Waals surface area contributed by atoms with E-state index in [1.165, 1.54) is 44.9 Å². The van der Waals surface area contributed by atoms with Gasteiger partial charge in [0, 0.05) is 0 Å². The van der Waals surface area contributed by atoms with Crippen molar-refractivity contribution in [1.82, 2.24) is 0 Å². The fraction of sp³-hybridized carbons (Fsp3) is 0.464. The zero-order valence-electron chi connectivity index (χ0n) is 18.4. The minimum Gasteiger partial charge on any atom is -0.448 e. The van der Waals surface area contributed by atoms with E-state index in [-0.39, 0.29) is 5.97 Å². The summed E-state index contributed by atoms with van der Waals surface area (Å²) in [7, 11) is 0. The number of esters is 1. The maximum Gasteiger partial charge on any atom is 0.319 e. The molecule has 0 fully saturated rings. The maximum absolute atomic E-state index is 13.1. The van der Waals surface area contributed by atoms with Crippen LogP contribution in [0.3, 0.4) is 0 Å². The Hall–Kier alpha value is -2.53. The van der Waals surface area contributed by atoms with Crippen LogP contribution >= 0.6 is 0 Å². The summed E-state index contributed by atoms with van der Waals surface area (Å²) < 4.78 is 5.77. The van der Waals surface area contributed by atoms with Crippen molar-refractivity contribution in [2.24, 2.45) is 0 Å².